The zero-order valence-electron chi connectivity index (χ0n) is 7.70. The van der Waals surface area contributed by atoms with Gasteiger partial charge < -0.3 is 15.0 Å². The van der Waals surface area contributed by atoms with Gasteiger partial charge in [0.15, 0.2) is 0 Å². The second-order valence-corrected chi connectivity index (χ2v) is 2.45. The van der Waals surface area contributed by atoms with Crippen LogP contribution in [0, 0.1) is 0 Å². The van der Waals surface area contributed by atoms with Gasteiger partial charge in [0.05, 0.1) is 5.97 Å². The maximum Gasteiger partial charge on any atom is 1.00 e. The quantitative estimate of drug-likeness (QED) is 0.515. The molecule has 1 rings (SSSR count). The summed E-state index contributed by atoms with van der Waals surface area (Å²) >= 11 is 0. The second kappa shape index (κ2) is 5.27. The minimum absolute atomic E-state index is 0. The molecular weight excluding hydrogens is 179 g/mol. The van der Waals surface area contributed by atoms with Crippen molar-refractivity contribution in [2.24, 2.45) is 0 Å². The molecule has 3 nitrogen and oxygen atoms in total. The average Bonchev–Trinajstić information content (AvgIpc) is 2.04. The van der Waals surface area contributed by atoms with Crippen molar-refractivity contribution in [3.63, 3.8) is 0 Å². The minimum Gasteiger partial charge on any atom is -0.545 e. The summed E-state index contributed by atoms with van der Waals surface area (Å²) in [5, 5.41) is 19.8. The number of hydrogen-bond acceptors (Lipinski definition) is 3. The number of rotatable bonds is 2. The third-order valence-electron chi connectivity index (χ3n) is 1.72. The standard InChI is InChI=1S/C9H10O3.Na/c1-2-6-4-3-5-7(8(6)10)9(11)12;/h3-5,10H,2H2,1H3,(H,11,12);/q;+1/p-1. The maximum atomic E-state index is 10.4. The Bertz CT molecular complexity index is 310. The van der Waals surface area contributed by atoms with Crippen LogP contribution in [0.3, 0.4) is 0 Å². The Labute approximate surface area is 98.7 Å². The molecule has 0 aliphatic rings. The molecule has 0 aliphatic carbocycles. The van der Waals surface area contributed by atoms with Gasteiger partial charge in [0.25, 0.3) is 0 Å². The molecule has 0 saturated carbocycles. The van der Waals surface area contributed by atoms with Crippen molar-refractivity contribution in [1.29, 1.82) is 0 Å². The van der Waals surface area contributed by atoms with Crippen molar-refractivity contribution in [2.45, 2.75) is 13.3 Å². The van der Waals surface area contributed by atoms with Crippen LogP contribution in [-0.4, -0.2) is 11.1 Å². The first-order valence-electron chi connectivity index (χ1n) is 3.69. The molecule has 1 N–H and O–H groups in total. The predicted octanol–water partition coefficient (Wildman–Crippen LogP) is -2.68. The van der Waals surface area contributed by atoms with Crippen molar-refractivity contribution in [3.05, 3.63) is 29.3 Å². The van der Waals surface area contributed by atoms with E-state index in [-0.39, 0.29) is 40.9 Å². The van der Waals surface area contributed by atoms with E-state index in [9.17, 15) is 15.0 Å². The molecule has 0 amide bonds. The summed E-state index contributed by atoms with van der Waals surface area (Å²) in [5.41, 5.74) is 0.478. The molecule has 1 aromatic rings. The number of benzene rings is 1. The topological polar surface area (TPSA) is 60.4 Å². The number of phenols is 1. The Morgan fingerprint density at radius 3 is 2.62 bits per heavy atom. The van der Waals surface area contributed by atoms with Crippen LogP contribution in [0.1, 0.15) is 22.8 Å². The largest absolute Gasteiger partial charge is 1.00 e. The molecule has 0 spiro atoms. The summed E-state index contributed by atoms with van der Waals surface area (Å²) in [5.74, 6) is -1.53. The average molecular weight is 188 g/mol. The van der Waals surface area contributed by atoms with E-state index in [2.05, 4.69) is 0 Å². The Morgan fingerprint density at radius 1 is 1.54 bits per heavy atom. The van der Waals surface area contributed by atoms with E-state index < -0.39 is 5.97 Å². The molecule has 0 heterocycles. The summed E-state index contributed by atoms with van der Waals surface area (Å²) in [6.07, 6.45) is 0.604. The molecule has 0 fully saturated rings. The predicted molar refractivity (Wildman–Crippen MR) is 41.8 cm³/mol. The maximum absolute atomic E-state index is 10.4. The Hall–Kier alpha value is -0.510. The van der Waals surface area contributed by atoms with Crippen molar-refractivity contribution in [1.82, 2.24) is 0 Å². The smallest absolute Gasteiger partial charge is 0.545 e. The van der Waals surface area contributed by atoms with E-state index in [1.807, 2.05) is 6.92 Å². The first kappa shape index (κ1) is 12.5. The summed E-state index contributed by atoms with van der Waals surface area (Å²) in [6, 6.07) is 4.59. The minimum atomic E-state index is -1.34. The fourth-order valence-electron chi connectivity index (χ4n) is 1.04. The van der Waals surface area contributed by atoms with Gasteiger partial charge in [-0.2, -0.15) is 0 Å². The Balaban J connectivity index is 0.00000144. The van der Waals surface area contributed by atoms with Crippen LogP contribution < -0.4 is 34.7 Å². The zero-order valence-corrected chi connectivity index (χ0v) is 9.70. The van der Waals surface area contributed by atoms with E-state index in [1.54, 1.807) is 12.1 Å². The monoisotopic (exact) mass is 188 g/mol. The number of aryl methyl sites for hydroxylation is 1. The first-order valence-corrected chi connectivity index (χ1v) is 3.69. The van der Waals surface area contributed by atoms with Crippen LogP contribution in [0.4, 0.5) is 0 Å². The number of carbonyl (C=O) groups excluding carboxylic acids is 1. The van der Waals surface area contributed by atoms with Crippen molar-refractivity contribution in [3.8, 4) is 5.75 Å². The van der Waals surface area contributed by atoms with Gasteiger partial charge in [0, 0.05) is 5.56 Å². The summed E-state index contributed by atoms with van der Waals surface area (Å²) in [7, 11) is 0. The molecule has 0 bridgehead atoms. The number of para-hydroxylation sites is 1. The van der Waals surface area contributed by atoms with Crippen LogP contribution in [0.5, 0.6) is 5.75 Å². The normalized spacial score (nSPS) is 9.00. The second-order valence-electron chi connectivity index (χ2n) is 2.45. The van der Waals surface area contributed by atoms with Gasteiger partial charge in [-0.1, -0.05) is 19.1 Å². The molecule has 0 radical (unpaired) electrons. The third kappa shape index (κ3) is 2.72. The van der Waals surface area contributed by atoms with Gasteiger partial charge in [-0.3, -0.25) is 0 Å². The van der Waals surface area contributed by atoms with Crippen LogP contribution in [0.25, 0.3) is 0 Å². The summed E-state index contributed by atoms with van der Waals surface area (Å²) < 4.78 is 0. The SMILES string of the molecule is CCc1cccc(C(=O)[O-])c1O.[Na+]. The molecule has 1 aromatic carbocycles. The van der Waals surface area contributed by atoms with Gasteiger partial charge in [-0.15, -0.1) is 0 Å². The third-order valence-corrected chi connectivity index (χ3v) is 1.72. The number of aromatic carboxylic acids is 1. The molecule has 4 heteroatoms. The van der Waals surface area contributed by atoms with E-state index in [4.69, 9.17) is 0 Å². The van der Waals surface area contributed by atoms with E-state index in [0.29, 0.717) is 12.0 Å². The molecule has 0 unspecified atom stereocenters. The summed E-state index contributed by atoms with van der Waals surface area (Å²) in [4.78, 5) is 10.4. The van der Waals surface area contributed by atoms with Gasteiger partial charge in [0.2, 0.25) is 0 Å². The number of carboxylic acids is 1. The van der Waals surface area contributed by atoms with Crippen molar-refractivity contribution >= 4 is 5.97 Å². The van der Waals surface area contributed by atoms with Crippen LogP contribution >= 0.6 is 0 Å². The fraction of sp³-hybridized carbons (Fsp3) is 0.222. The molecule has 0 atom stereocenters. The number of aromatic hydroxyl groups is 1. The molecule has 0 saturated heterocycles. The van der Waals surface area contributed by atoms with Crippen LogP contribution in [0.2, 0.25) is 0 Å². The van der Waals surface area contributed by atoms with E-state index >= 15 is 0 Å². The molecule has 0 aromatic heterocycles. The summed E-state index contributed by atoms with van der Waals surface area (Å²) in [6.45, 7) is 1.84. The van der Waals surface area contributed by atoms with Crippen molar-refractivity contribution in [2.75, 3.05) is 0 Å². The van der Waals surface area contributed by atoms with Gasteiger partial charge >= 0.3 is 29.6 Å². The van der Waals surface area contributed by atoms with Gasteiger partial charge in [-0.25, -0.2) is 0 Å². The number of carboxylic acid groups (broad SMARTS) is 1. The van der Waals surface area contributed by atoms with Crippen LogP contribution in [0.15, 0.2) is 18.2 Å². The Kier molecular flexibility index (Phi) is 5.06. The Morgan fingerprint density at radius 2 is 2.15 bits per heavy atom. The molecule has 0 aliphatic heterocycles. The van der Waals surface area contributed by atoms with Gasteiger partial charge in [0.1, 0.15) is 5.75 Å². The molecule has 13 heavy (non-hydrogen) atoms. The molecular formula is C9H9NaO3. The molecule has 64 valence electrons. The van der Waals surface area contributed by atoms with Crippen molar-refractivity contribution < 1.29 is 44.6 Å². The first-order chi connectivity index (χ1) is 5.66. The number of carbonyl (C=O) groups is 1. The van der Waals surface area contributed by atoms with E-state index in [1.165, 1.54) is 6.07 Å². The fourth-order valence-corrected chi connectivity index (χ4v) is 1.04. The zero-order chi connectivity index (χ0) is 9.14. The van der Waals surface area contributed by atoms with Crippen LogP contribution in [-0.2, 0) is 6.42 Å². The number of hydrogen-bond donors (Lipinski definition) is 1. The van der Waals surface area contributed by atoms with Gasteiger partial charge in [-0.05, 0) is 18.1 Å². The van der Waals surface area contributed by atoms with E-state index in [0.717, 1.165) is 0 Å².